The van der Waals surface area contributed by atoms with Crippen molar-refractivity contribution in [2.45, 2.75) is 20.3 Å². The molecule has 2 aromatic rings. The molecule has 1 aromatic heterocycles. The molecule has 0 atom stereocenters. The topological polar surface area (TPSA) is 73.7 Å². The summed E-state index contributed by atoms with van der Waals surface area (Å²) in [6.07, 6.45) is 1.86. The molecule has 2 heterocycles. The van der Waals surface area contributed by atoms with Crippen LogP contribution in [0.5, 0.6) is 5.75 Å². The Hall–Kier alpha value is -2.90. The van der Waals surface area contributed by atoms with Crippen LogP contribution in [0.4, 0.5) is 10.2 Å². The lowest BCUT2D eigenvalue weighted by Crippen LogP contribution is -2.33. The first kappa shape index (κ1) is 16.9. The van der Waals surface area contributed by atoms with Crippen molar-refractivity contribution in [1.29, 1.82) is 0 Å². The van der Waals surface area contributed by atoms with Crippen LogP contribution in [-0.2, 0) is 9.53 Å². The molecule has 1 aliphatic heterocycles. The quantitative estimate of drug-likeness (QED) is 0.780. The first-order valence-corrected chi connectivity index (χ1v) is 7.99. The Morgan fingerprint density at radius 1 is 1.40 bits per heavy atom. The summed E-state index contributed by atoms with van der Waals surface area (Å²) in [4.78, 5) is 25.9. The maximum absolute atomic E-state index is 13.6. The SMILES string of the molecule is CCOC(=O)c1cnn2c1N(C(C)=O)CCCOc1cc(F)ccc1-2. The molecular weight excluding hydrogens is 329 g/mol. The Labute approximate surface area is 143 Å². The number of rotatable bonds is 2. The standard InChI is InChI=1S/C17H18FN3O4/c1-3-24-17(23)13-10-19-21-14-6-5-12(18)9-15(14)25-8-4-7-20(11(2)22)16(13)21/h5-6,9-10H,3-4,7-8H2,1-2H3. The lowest BCUT2D eigenvalue weighted by atomic mass is 10.2. The van der Waals surface area contributed by atoms with E-state index in [-0.39, 0.29) is 18.1 Å². The van der Waals surface area contributed by atoms with Crippen molar-refractivity contribution < 1.29 is 23.5 Å². The van der Waals surface area contributed by atoms with Crippen molar-refractivity contribution in [3.05, 3.63) is 35.8 Å². The second-order valence-corrected chi connectivity index (χ2v) is 5.50. The highest BCUT2D eigenvalue weighted by Gasteiger charge is 2.28. The molecule has 8 heteroatoms. The number of fused-ring (bicyclic) bond motifs is 3. The number of esters is 1. The van der Waals surface area contributed by atoms with Crippen molar-refractivity contribution >= 4 is 17.7 Å². The van der Waals surface area contributed by atoms with Gasteiger partial charge >= 0.3 is 5.97 Å². The highest BCUT2D eigenvalue weighted by atomic mass is 19.1. The predicted octanol–water partition coefficient (Wildman–Crippen LogP) is 2.32. The van der Waals surface area contributed by atoms with Crippen LogP contribution in [0.25, 0.3) is 5.69 Å². The number of aromatic nitrogens is 2. The van der Waals surface area contributed by atoms with Crippen LogP contribution < -0.4 is 9.64 Å². The number of carbonyl (C=O) groups is 2. The third-order valence-electron chi connectivity index (χ3n) is 3.81. The molecular formula is C17H18FN3O4. The van der Waals surface area contributed by atoms with Crippen molar-refractivity contribution in [3.63, 3.8) is 0 Å². The van der Waals surface area contributed by atoms with Crippen LogP contribution in [0.2, 0.25) is 0 Å². The summed E-state index contributed by atoms with van der Waals surface area (Å²) >= 11 is 0. The van der Waals surface area contributed by atoms with Gasteiger partial charge in [-0.05, 0) is 25.5 Å². The van der Waals surface area contributed by atoms with E-state index in [0.717, 1.165) is 0 Å². The van der Waals surface area contributed by atoms with Crippen LogP contribution in [0.1, 0.15) is 30.6 Å². The van der Waals surface area contributed by atoms with Gasteiger partial charge in [0.15, 0.2) is 5.82 Å². The number of hydrogen-bond donors (Lipinski definition) is 0. The van der Waals surface area contributed by atoms with Crippen molar-refractivity contribution in [2.75, 3.05) is 24.7 Å². The van der Waals surface area contributed by atoms with E-state index in [1.165, 1.54) is 40.9 Å². The molecule has 0 unspecified atom stereocenters. The molecule has 1 amide bonds. The normalized spacial score (nSPS) is 13.6. The number of hydrogen-bond acceptors (Lipinski definition) is 5. The molecule has 25 heavy (non-hydrogen) atoms. The molecule has 0 radical (unpaired) electrons. The van der Waals surface area contributed by atoms with Crippen molar-refractivity contribution in [3.8, 4) is 11.4 Å². The first-order valence-electron chi connectivity index (χ1n) is 7.99. The average Bonchev–Trinajstić information content (AvgIpc) is 3.00. The lowest BCUT2D eigenvalue weighted by molar-refractivity contribution is -0.116. The van der Waals surface area contributed by atoms with Gasteiger partial charge in [0.1, 0.15) is 22.8 Å². The smallest absolute Gasteiger partial charge is 0.343 e. The van der Waals surface area contributed by atoms with E-state index in [2.05, 4.69) is 5.10 Å². The molecule has 0 fully saturated rings. The van der Waals surface area contributed by atoms with Crippen LogP contribution in [0.15, 0.2) is 24.4 Å². The van der Waals surface area contributed by atoms with Crippen molar-refractivity contribution in [1.82, 2.24) is 9.78 Å². The molecule has 0 aliphatic carbocycles. The Bertz CT molecular complexity index is 818. The molecule has 132 valence electrons. The summed E-state index contributed by atoms with van der Waals surface area (Å²) < 4.78 is 25.7. The fraction of sp³-hybridized carbons (Fsp3) is 0.353. The fourth-order valence-corrected chi connectivity index (χ4v) is 2.73. The zero-order valence-corrected chi connectivity index (χ0v) is 14.0. The largest absolute Gasteiger partial charge is 0.491 e. The molecule has 0 saturated carbocycles. The van der Waals surface area contributed by atoms with E-state index in [0.29, 0.717) is 36.8 Å². The van der Waals surface area contributed by atoms with Crippen LogP contribution >= 0.6 is 0 Å². The minimum absolute atomic E-state index is 0.175. The lowest BCUT2D eigenvalue weighted by Gasteiger charge is -2.22. The summed E-state index contributed by atoms with van der Waals surface area (Å²) in [6, 6.07) is 4.03. The number of anilines is 1. The fourth-order valence-electron chi connectivity index (χ4n) is 2.73. The van der Waals surface area contributed by atoms with Crippen molar-refractivity contribution in [2.24, 2.45) is 0 Å². The highest BCUT2D eigenvalue weighted by Crippen LogP contribution is 2.32. The van der Waals surface area contributed by atoms with Gasteiger partial charge in [-0.25, -0.2) is 13.9 Å². The number of benzene rings is 1. The van der Waals surface area contributed by atoms with Gasteiger partial charge in [0, 0.05) is 19.5 Å². The molecule has 1 aromatic carbocycles. The van der Waals surface area contributed by atoms with Crippen LogP contribution in [0.3, 0.4) is 0 Å². The second-order valence-electron chi connectivity index (χ2n) is 5.50. The third-order valence-corrected chi connectivity index (χ3v) is 3.81. The van der Waals surface area contributed by atoms with E-state index in [1.807, 2.05) is 0 Å². The van der Waals surface area contributed by atoms with Gasteiger partial charge in [0.2, 0.25) is 5.91 Å². The Balaban J connectivity index is 2.23. The minimum atomic E-state index is -0.571. The number of amides is 1. The van der Waals surface area contributed by atoms with Gasteiger partial charge in [0.25, 0.3) is 0 Å². The highest BCUT2D eigenvalue weighted by molar-refractivity contribution is 6.01. The summed E-state index contributed by atoms with van der Waals surface area (Å²) in [5, 5.41) is 4.23. The van der Waals surface area contributed by atoms with Gasteiger partial charge < -0.3 is 9.47 Å². The molecule has 0 spiro atoms. The van der Waals surface area contributed by atoms with E-state index in [4.69, 9.17) is 9.47 Å². The first-order chi connectivity index (χ1) is 12.0. The second kappa shape index (κ2) is 6.92. The third kappa shape index (κ3) is 3.19. The molecule has 7 nitrogen and oxygen atoms in total. The Kier molecular flexibility index (Phi) is 4.69. The van der Waals surface area contributed by atoms with E-state index < -0.39 is 11.8 Å². The summed E-state index contributed by atoms with van der Waals surface area (Å²) in [5.41, 5.74) is 0.620. The average molecular weight is 347 g/mol. The predicted molar refractivity (Wildman–Crippen MR) is 87.6 cm³/mol. The Morgan fingerprint density at radius 2 is 2.20 bits per heavy atom. The molecule has 1 aliphatic rings. The van der Waals surface area contributed by atoms with Gasteiger partial charge in [-0.3, -0.25) is 9.69 Å². The molecule has 3 rings (SSSR count). The van der Waals surface area contributed by atoms with Crippen LogP contribution in [-0.4, -0.2) is 41.4 Å². The molecule has 0 bridgehead atoms. The van der Waals surface area contributed by atoms with Crippen LogP contribution in [0, 0.1) is 5.82 Å². The number of carbonyl (C=O) groups excluding carboxylic acids is 2. The zero-order valence-electron chi connectivity index (χ0n) is 14.0. The number of nitrogens with zero attached hydrogens (tertiary/aromatic N) is 3. The Morgan fingerprint density at radius 3 is 2.92 bits per heavy atom. The minimum Gasteiger partial charge on any atom is -0.491 e. The van der Waals surface area contributed by atoms with E-state index in [9.17, 15) is 14.0 Å². The number of halogens is 1. The molecule has 0 N–H and O–H groups in total. The zero-order chi connectivity index (χ0) is 18.0. The maximum Gasteiger partial charge on any atom is 0.343 e. The van der Waals surface area contributed by atoms with E-state index >= 15 is 0 Å². The van der Waals surface area contributed by atoms with E-state index in [1.54, 1.807) is 6.92 Å². The van der Waals surface area contributed by atoms with Gasteiger partial charge in [-0.1, -0.05) is 0 Å². The molecule has 0 saturated heterocycles. The van der Waals surface area contributed by atoms with Gasteiger partial charge in [-0.15, -0.1) is 0 Å². The monoisotopic (exact) mass is 347 g/mol. The van der Waals surface area contributed by atoms with Gasteiger partial charge in [-0.2, -0.15) is 5.10 Å². The number of ether oxygens (including phenoxy) is 2. The summed E-state index contributed by atoms with van der Waals surface area (Å²) in [5.74, 6) is -0.660. The summed E-state index contributed by atoms with van der Waals surface area (Å²) in [6.45, 7) is 3.96. The van der Waals surface area contributed by atoms with Gasteiger partial charge in [0.05, 0.1) is 19.4 Å². The maximum atomic E-state index is 13.6. The summed E-state index contributed by atoms with van der Waals surface area (Å²) in [7, 11) is 0.